The summed E-state index contributed by atoms with van der Waals surface area (Å²) in [7, 11) is 0. The second kappa shape index (κ2) is 4.27. The molecule has 1 spiro atoms. The van der Waals surface area contributed by atoms with Crippen LogP contribution in [0.5, 0.6) is 0 Å². The predicted octanol–water partition coefficient (Wildman–Crippen LogP) is 1.73. The quantitative estimate of drug-likeness (QED) is 0.741. The lowest BCUT2D eigenvalue weighted by Crippen LogP contribution is -2.49. The first-order chi connectivity index (χ1) is 8.27. The van der Waals surface area contributed by atoms with Gasteiger partial charge in [0.1, 0.15) is 5.82 Å². The average Bonchev–Trinajstić information content (AvgIpc) is 2.78. The summed E-state index contributed by atoms with van der Waals surface area (Å²) in [6.07, 6.45) is 4.00. The van der Waals surface area contributed by atoms with Crippen LogP contribution in [0.1, 0.15) is 18.4 Å². The molecule has 4 heteroatoms. The summed E-state index contributed by atoms with van der Waals surface area (Å²) in [5.41, 5.74) is 1.19. The molecule has 2 saturated heterocycles. The summed E-state index contributed by atoms with van der Waals surface area (Å²) in [5, 5.41) is 0. The number of nitrogens with zero attached hydrogens (tertiary/aromatic N) is 2. The number of aromatic nitrogens is 1. The molecular formula is C13H18N2O2. The molecule has 0 aliphatic carbocycles. The molecule has 0 amide bonds. The minimum absolute atomic E-state index is 0.370. The summed E-state index contributed by atoms with van der Waals surface area (Å²) in [6, 6.07) is 4.17. The van der Waals surface area contributed by atoms with Gasteiger partial charge in [0, 0.05) is 19.2 Å². The van der Waals surface area contributed by atoms with Gasteiger partial charge in [-0.05, 0) is 25.0 Å². The molecule has 2 aliphatic rings. The molecule has 17 heavy (non-hydrogen) atoms. The first kappa shape index (κ1) is 11.0. The van der Waals surface area contributed by atoms with Crippen LogP contribution in [0.4, 0.5) is 5.82 Å². The third-order valence-corrected chi connectivity index (χ3v) is 3.45. The molecule has 0 aromatic carbocycles. The molecule has 0 N–H and O–H groups in total. The highest BCUT2D eigenvalue weighted by Crippen LogP contribution is 2.31. The van der Waals surface area contributed by atoms with E-state index in [2.05, 4.69) is 28.9 Å². The van der Waals surface area contributed by atoms with Gasteiger partial charge in [-0.15, -0.1) is 0 Å². The minimum Gasteiger partial charge on any atom is -0.351 e. The lowest BCUT2D eigenvalue weighted by molar-refractivity contribution is -0.161. The van der Waals surface area contributed by atoms with E-state index in [0.717, 1.165) is 45.0 Å². The molecule has 2 aliphatic heterocycles. The van der Waals surface area contributed by atoms with Crippen molar-refractivity contribution in [1.82, 2.24) is 4.98 Å². The summed E-state index contributed by atoms with van der Waals surface area (Å²) >= 11 is 0. The molecule has 92 valence electrons. The molecule has 3 heterocycles. The van der Waals surface area contributed by atoms with Crippen molar-refractivity contribution in [3.63, 3.8) is 0 Å². The Balaban J connectivity index is 1.77. The maximum atomic E-state index is 5.77. The van der Waals surface area contributed by atoms with Gasteiger partial charge in [0.2, 0.25) is 0 Å². The van der Waals surface area contributed by atoms with Crippen molar-refractivity contribution in [2.24, 2.45) is 0 Å². The van der Waals surface area contributed by atoms with Gasteiger partial charge in [-0.3, -0.25) is 0 Å². The van der Waals surface area contributed by atoms with Crippen LogP contribution in [0.3, 0.4) is 0 Å². The third-order valence-electron chi connectivity index (χ3n) is 3.45. The van der Waals surface area contributed by atoms with E-state index in [9.17, 15) is 0 Å². The van der Waals surface area contributed by atoms with E-state index in [4.69, 9.17) is 9.47 Å². The predicted molar refractivity (Wildman–Crippen MR) is 65.1 cm³/mol. The molecule has 0 unspecified atom stereocenters. The number of anilines is 1. The Morgan fingerprint density at radius 3 is 2.82 bits per heavy atom. The van der Waals surface area contributed by atoms with Crippen LogP contribution in [-0.2, 0) is 9.47 Å². The maximum absolute atomic E-state index is 5.77. The van der Waals surface area contributed by atoms with Gasteiger partial charge in [-0.2, -0.15) is 0 Å². The van der Waals surface area contributed by atoms with Gasteiger partial charge in [0.05, 0.1) is 19.8 Å². The largest absolute Gasteiger partial charge is 0.351 e. The lowest BCUT2D eigenvalue weighted by atomic mass is 10.0. The molecule has 4 nitrogen and oxygen atoms in total. The van der Waals surface area contributed by atoms with E-state index in [0.29, 0.717) is 0 Å². The van der Waals surface area contributed by atoms with E-state index in [-0.39, 0.29) is 5.79 Å². The van der Waals surface area contributed by atoms with Gasteiger partial charge in [0.25, 0.3) is 0 Å². The van der Waals surface area contributed by atoms with Gasteiger partial charge < -0.3 is 14.4 Å². The second-order valence-corrected chi connectivity index (χ2v) is 4.83. The number of hydrogen-bond donors (Lipinski definition) is 0. The normalized spacial score (nSPS) is 23.2. The van der Waals surface area contributed by atoms with E-state index >= 15 is 0 Å². The van der Waals surface area contributed by atoms with Crippen molar-refractivity contribution < 1.29 is 9.47 Å². The van der Waals surface area contributed by atoms with E-state index < -0.39 is 0 Å². The van der Waals surface area contributed by atoms with Crippen molar-refractivity contribution in [3.05, 3.63) is 23.9 Å². The molecule has 0 bridgehead atoms. The van der Waals surface area contributed by atoms with Gasteiger partial charge in [0.15, 0.2) is 5.79 Å². The zero-order valence-electron chi connectivity index (χ0n) is 10.2. The molecule has 1 aromatic rings. The monoisotopic (exact) mass is 234 g/mol. The molecule has 0 radical (unpaired) electrons. The fraction of sp³-hybridized carbons (Fsp3) is 0.615. The molecule has 3 rings (SSSR count). The average molecular weight is 234 g/mol. The highest BCUT2D eigenvalue weighted by molar-refractivity contribution is 5.40. The van der Waals surface area contributed by atoms with Crippen molar-refractivity contribution in [1.29, 1.82) is 0 Å². The standard InChI is InChI=1S/C13H18N2O2/c1-11-3-4-12(14-9-11)15-6-2-5-13(10-15)16-7-8-17-13/h3-4,9H,2,5-8,10H2,1H3. The fourth-order valence-corrected chi connectivity index (χ4v) is 2.56. The van der Waals surface area contributed by atoms with Crippen LogP contribution in [-0.4, -0.2) is 37.1 Å². The van der Waals surface area contributed by atoms with E-state index in [1.54, 1.807) is 0 Å². The van der Waals surface area contributed by atoms with Crippen LogP contribution in [0, 0.1) is 6.92 Å². The third kappa shape index (κ3) is 2.15. The Bertz CT molecular complexity index is 385. The van der Waals surface area contributed by atoms with Crippen LogP contribution >= 0.6 is 0 Å². The highest BCUT2D eigenvalue weighted by atomic mass is 16.7. The number of aryl methyl sites for hydroxylation is 1. The van der Waals surface area contributed by atoms with E-state index in [1.165, 1.54) is 5.56 Å². The lowest BCUT2D eigenvalue weighted by Gasteiger charge is -2.39. The topological polar surface area (TPSA) is 34.6 Å². The first-order valence-corrected chi connectivity index (χ1v) is 6.23. The van der Waals surface area contributed by atoms with Crippen molar-refractivity contribution in [2.45, 2.75) is 25.6 Å². The van der Waals surface area contributed by atoms with Crippen LogP contribution < -0.4 is 4.90 Å². The number of ether oxygens (including phenoxy) is 2. The Hall–Kier alpha value is -1.13. The molecule has 2 fully saturated rings. The minimum atomic E-state index is -0.370. The van der Waals surface area contributed by atoms with Crippen LogP contribution in [0.2, 0.25) is 0 Å². The van der Waals surface area contributed by atoms with Crippen molar-refractivity contribution in [3.8, 4) is 0 Å². The molecule has 0 saturated carbocycles. The van der Waals surface area contributed by atoms with Crippen molar-refractivity contribution >= 4 is 5.82 Å². The first-order valence-electron chi connectivity index (χ1n) is 6.23. The SMILES string of the molecule is Cc1ccc(N2CCCC3(C2)OCCO3)nc1. The Kier molecular flexibility index (Phi) is 2.76. The Labute approximate surface area is 102 Å². The highest BCUT2D eigenvalue weighted by Gasteiger charge is 2.41. The Morgan fingerprint density at radius 1 is 1.29 bits per heavy atom. The summed E-state index contributed by atoms with van der Waals surface area (Å²) < 4.78 is 11.5. The van der Waals surface area contributed by atoms with Crippen LogP contribution in [0.25, 0.3) is 0 Å². The summed E-state index contributed by atoms with van der Waals surface area (Å²) in [5.74, 6) is 0.652. The zero-order valence-corrected chi connectivity index (χ0v) is 10.2. The molecule has 0 atom stereocenters. The summed E-state index contributed by atoms with van der Waals surface area (Å²) in [6.45, 7) is 5.32. The second-order valence-electron chi connectivity index (χ2n) is 4.83. The van der Waals surface area contributed by atoms with Gasteiger partial charge in [-0.25, -0.2) is 4.98 Å². The summed E-state index contributed by atoms with van der Waals surface area (Å²) in [4.78, 5) is 6.73. The number of piperidine rings is 1. The van der Waals surface area contributed by atoms with Crippen LogP contribution in [0.15, 0.2) is 18.3 Å². The van der Waals surface area contributed by atoms with Crippen molar-refractivity contribution in [2.75, 3.05) is 31.2 Å². The number of pyridine rings is 1. The maximum Gasteiger partial charge on any atom is 0.186 e. The molecular weight excluding hydrogens is 216 g/mol. The molecule has 1 aromatic heterocycles. The smallest absolute Gasteiger partial charge is 0.186 e. The van der Waals surface area contributed by atoms with E-state index in [1.807, 2.05) is 6.20 Å². The Morgan fingerprint density at radius 2 is 2.12 bits per heavy atom. The van der Waals surface area contributed by atoms with Gasteiger partial charge in [-0.1, -0.05) is 6.07 Å². The number of hydrogen-bond acceptors (Lipinski definition) is 4. The fourth-order valence-electron chi connectivity index (χ4n) is 2.56. The van der Waals surface area contributed by atoms with Gasteiger partial charge >= 0.3 is 0 Å². The zero-order chi connectivity index (χ0) is 11.7. The number of rotatable bonds is 1.